The predicted octanol–water partition coefficient (Wildman–Crippen LogP) is 3.57. The SMILES string of the molecule is COc1ccc([C@@H](NC(=O)c2cc(S(=O)(=O)NC3CC3)ccc2C)C(C)C)cc1. The van der Waals surface area contributed by atoms with Gasteiger partial charge in [-0.25, -0.2) is 13.1 Å². The largest absolute Gasteiger partial charge is 0.497 e. The van der Waals surface area contributed by atoms with Crippen LogP contribution in [0.2, 0.25) is 0 Å². The third-order valence-electron chi connectivity index (χ3n) is 5.09. The third-order valence-corrected chi connectivity index (χ3v) is 6.61. The Balaban J connectivity index is 1.84. The number of hydrogen-bond donors (Lipinski definition) is 2. The van der Waals surface area contributed by atoms with Crippen molar-refractivity contribution in [2.24, 2.45) is 5.92 Å². The average Bonchev–Trinajstić information content (AvgIpc) is 3.49. The van der Waals surface area contributed by atoms with E-state index < -0.39 is 10.0 Å². The molecule has 1 aliphatic rings. The molecule has 0 spiro atoms. The summed E-state index contributed by atoms with van der Waals surface area (Å²) in [4.78, 5) is 13.2. The lowest BCUT2D eigenvalue weighted by Gasteiger charge is -2.24. The van der Waals surface area contributed by atoms with E-state index in [1.165, 1.54) is 6.07 Å². The molecule has 1 amide bonds. The molecule has 2 aromatic rings. The quantitative estimate of drug-likeness (QED) is 0.689. The van der Waals surface area contributed by atoms with Gasteiger partial charge in [-0.05, 0) is 61.1 Å². The summed E-state index contributed by atoms with van der Waals surface area (Å²) >= 11 is 0. The molecule has 1 fully saturated rings. The van der Waals surface area contributed by atoms with Crippen LogP contribution in [0.1, 0.15) is 54.2 Å². The number of hydrogen-bond acceptors (Lipinski definition) is 4. The maximum Gasteiger partial charge on any atom is 0.252 e. The fourth-order valence-electron chi connectivity index (χ4n) is 3.17. The van der Waals surface area contributed by atoms with E-state index in [1.807, 2.05) is 38.1 Å². The van der Waals surface area contributed by atoms with Crippen molar-refractivity contribution in [2.75, 3.05) is 7.11 Å². The van der Waals surface area contributed by atoms with Gasteiger partial charge >= 0.3 is 0 Å². The van der Waals surface area contributed by atoms with Gasteiger partial charge in [0.2, 0.25) is 10.0 Å². The van der Waals surface area contributed by atoms with Gasteiger partial charge in [-0.3, -0.25) is 4.79 Å². The molecule has 0 bridgehead atoms. The number of rotatable bonds is 8. The van der Waals surface area contributed by atoms with E-state index in [9.17, 15) is 13.2 Å². The van der Waals surface area contributed by atoms with E-state index >= 15 is 0 Å². The fraction of sp³-hybridized carbons (Fsp3) is 0.409. The highest BCUT2D eigenvalue weighted by Gasteiger charge is 2.29. The first kappa shape index (κ1) is 21.3. The van der Waals surface area contributed by atoms with Crippen LogP contribution in [0.3, 0.4) is 0 Å². The van der Waals surface area contributed by atoms with Crippen LogP contribution in [0, 0.1) is 12.8 Å². The van der Waals surface area contributed by atoms with E-state index in [1.54, 1.807) is 26.2 Å². The second-order valence-corrected chi connectivity index (χ2v) is 9.55. The molecule has 0 aromatic heterocycles. The second kappa shape index (κ2) is 8.55. The number of methoxy groups -OCH3 is 1. The van der Waals surface area contributed by atoms with Crippen LogP contribution >= 0.6 is 0 Å². The summed E-state index contributed by atoms with van der Waals surface area (Å²) in [7, 11) is -2.01. The summed E-state index contributed by atoms with van der Waals surface area (Å²) in [6.07, 6.45) is 1.72. The van der Waals surface area contributed by atoms with Gasteiger partial charge in [-0.15, -0.1) is 0 Å². The lowest BCUT2D eigenvalue weighted by atomic mass is 9.95. The normalized spacial score (nSPS) is 15.2. The van der Waals surface area contributed by atoms with Gasteiger partial charge in [0.15, 0.2) is 0 Å². The lowest BCUT2D eigenvalue weighted by molar-refractivity contribution is 0.0924. The zero-order chi connectivity index (χ0) is 21.2. The highest BCUT2D eigenvalue weighted by molar-refractivity contribution is 7.89. The molecular formula is C22H28N2O4S. The molecule has 2 N–H and O–H groups in total. The Morgan fingerprint density at radius 1 is 1.10 bits per heavy atom. The third kappa shape index (κ3) is 5.16. The molecular weight excluding hydrogens is 388 g/mol. The summed E-state index contributed by atoms with van der Waals surface area (Å²) in [5.74, 6) is 0.607. The maximum atomic E-state index is 13.0. The van der Waals surface area contributed by atoms with Crippen molar-refractivity contribution >= 4 is 15.9 Å². The van der Waals surface area contributed by atoms with Crippen molar-refractivity contribution < 1.29 is 17.9 Å². The number of nitrogens with one attached hydrogen (secondary N) is 2. The van der Waals surface area contributed by atoms with Gasteiger partial charge in [0, 0.05) is 11.6 Å². The van der Waals surface area contributed by atoms with Crippen LogP contribution in [0.15, 0.2) is 47.4 Å². The Bertz CT molecular complexity index is 980. The molecule has 29 heavy (non-hydrogen) atoms. The van der Waals surface area contributed by atoms with Gasteiger partial charge in [-0.2, -0.15) is 0 Å². The standard InChI is InChI=1S/C22H28N2O4S/c1-14(2)21(16-6-10-18(28-4)11-7-16)23-22(25)20-13-19(12-5-15(20)3)29(26,27)24-17-8-9-17/h5-7,10-14,17,21,24H,8-9H2,1-4H3,(H,23,25)/t21-/m0/s1. The number of ether oxygens (including phenoxy) is 1. The van der Waals surface area contributed by atoms with E-state index in [2.05, 4.69) is 10.0 Å². The van der Waals surface area contributed by atoms with E-state index in [0.29, 0.717) is 5.56 Å². The minimum absolute atomic E-state index is 0.0129. The summed E-state index contributed by atoms with van der Waals surface area (Å²) in [5, 5.41) is 3.06. The lowest BCUT2D eigenvalue weighted by Crippen LogP contribution is -2.32. The van der Waals surface area contributed by atoms with Crippen LogP contribution in [0.25, 0.3) is 0 Å². The van der Waals surface area contributed by atoms with Crippen molar-refractivity contribution in [3.63, 3.8) is 0 Å². The van der Waals surface area contributed by atoms with Gasteiger partial charge in [-0.1, -0.05) is 32.0 Å². The number of aryl methyl sites for hydroxylation is 1. The van der Waals surface area contributed by atoms with Crippen LogP contribution in [0.4, 0.5) is 0 Å². The van der Waals surface area contributed by atoms with Crippen LogP contribution in [-0.4, -0.2) is 27.5 Å². The first-order valence-corrected chi connectivity index (χ1v) is 11.3. The first-order valence-electron chi connectivity index (χ1n) is 9.79. The zero-order valence-electron chi connectivity index (χ0n) is 17.2. The summed E-state index contributed by atoms with van der Waals surface area (Å²) < 4.78 is 32.9. The van der Waals surface area contributed by atoms with Gasteiger partial charge < -0.3 is 10.1 Å². The Hall–Kier alpha value is -2.38. The van der Waals surface area contributed by atoms with Crippen LogP contribution in [0.5, 0.6) is 5.75 Å². The number of amides is 1. The number of carbonyl (C=O) groups excluding carboxylic acids is 1. The van der Waals surface area contributed by atoms with E-state index in [0.717, 1.165) is 29.7 Å². The zero-order valence-corrected chi connectivity index (χ0v) is 18.0. The average molecular weight is 417 g/mol. The Kier molecular flexibility index (Phi) is 6.29. The molecule has 0 saturated heterocycles. The smallest absolute Gasteiger partial charge is 0.252 e. The molecule has 3 rings (SSSR count). The highest BCUT2D eigenvalue weighted by atomic mass is 32.2. The molecule has 0 radical (unpaired) electrons. The van der Waals surface area contributed by atoms with Crippen molar-refractivity contribution in [3.8, 4) is 5.75 Å². The molecule has 1 atom stereocenters. The minimum atomic E-state index is -3.62. The number of benzene rings is 2. The van der Waals surface area contributed by atoms with E-state index in [-0.39, 0.29) is 28.8 Å². The first-order chi connectivity index (χ1) is 13.7. The monoisotopic (exact) mass is 416 g/mol. The second-order valence-electron chi connectivity index (χ2n) is 7.84. The molecule has 1 aliphatic carbocycles. The number of carbonyl (C=O) groups is 1. The predicted molar refractivity (Wildman–Crippen MR) is 113 cm³/mol. The molecule has 2 aromatic carbocycles. The Labute approximate surface area is 172 Å². The van der Waals surface area contributed by atoms with Gasteiger partial charge in [0.05, 0.1) is 18.0 Å². The molecule has 6 nitrogen and oxygen atoms in total. The van der Waals surface area contributed by atoms with Gasteiger partial charge in [0.25, 0.3) is 5.91 Å². The van der Waals surface area contributed by atoms with Crippen molar-refractivity contribution in [3.05, 3.63) is 59.2 Å². The molecule has 0 aliphatic heterocycles. The Morgan fingerprint density at radius 2 is 1.76 bits per heavy atom. The molecule has 7 heteroatoms. The van der Waals surface area contributed by atoms with Crippen molar-refractivity contribution in [2.45, 2.75) is 50.6 Å². The minimum Gasteiger partial charge on any atom is -0.497 e. The van der Waals surface area contributed by atoms with Crippen molar-refractivity contribution in [1.29, 1.82) is 0 Å². The summed E-state index contributed by atoms with van der Waals surface area (Å²) in [6, 6.07) is 12.1. The summed E-state index contributed by atoms with van der Waals surface area (Å²) in [5.41, 5.74) is 2.05. The topological polar surface area (TPSA) is 84.5 Å². The molecule has 1 saturated carbocycles. The Morgan fingerprint density at radius 3 is 2.31 bits per heavy atom. The van der Waals surface area contributed by atoms with Crippen molar-refractivity contribution in [1.82, 2.24) is 10.0 Å². The maximum absolute atomic E-state index is 13.0. The fourth-order valence-corrected chi connectivity index (χ4v) is 4.50. The molecule has 0 heterocycles. The number of sulfonamides is 1. The van der Waals surface area contributed by atoms with Crippen LogP contribution in [-0.2, 0) is 10.0 Å². The highest BCUT2D eigenvalue weighted by Crippen LogP contribution is 2.26. The molecule has 0 unspecified atom stereocenters. The van der Waals surface area contributed by atoms with Gasteiger partial charge in [0.1, 0.15) is 5.75 Å². The summed E-state index contributed by atoms with van der Waals surface area (Å²) in [6.45, 7) is 5.86. The van der Waals surface area contributed by atoms with E-state index in [4.69, 9.17) is 4.74 Å². The van der Waals surface area contributed by atoms with Crippen LogP contribution < -0.4 is 14.8 Å². The molecule has 156 valence electrons.